The number of unbranched alkanes of at least 4 members (excludes halogenated alkanes) is 43. The van der Waals surface area contributed by atoms with Crippen LogP contribution in [0.1, 0.15) is 335 Å². The molecule has 596 valence electrons. The van der Waals surface area contributed by atoms with Crippen molar-refractivity contribution >= 4 is 25.7 Å². The molecule has 0 aromatic heterocycles. The number of aliphatic hydroxyl groups excluding tert-OH is 10. The van der Waals surface area contributed by atoms with Crippen LogP contribution in [0, 0.1) is 0 Å². The zero-order valence-corrected chi connectivity index (χ0v) is 63.4. The number of phosphoric acid groups is 1. The predicted octanol–water partition coefficient (Wildman–Crippen LogP) is 12.1. The highest BCUT2D eigenvalue weighted by atomic mass is 31.2. The Morgan fingerprint density at radius 1 is 0.347 bits per heavy atom. The van der Waals surface area contributed by atoms with E-state index in [1.54, 1.807) is 0 Å². The van der Waals surface area contributed by atoms with Gasteiger partial charge in [-0.2, -0.15) is 0 Å². The first-order chi connectivity index (χ1) is 48.8. The first-order valence-electron chi connectivity index (χ1n) is 40.3. The van der Waals surface area contributed by atoms with Crippen LogP contribution < -0.4 is 0 Å². The molecular formula is C76H143O24P. The lowest BCUT2D eigenvalue weighted by molar-refractivity contribution is -0.360. The standard InChI is InChI=1S/C76H143O24P/c1-4-7-10-13-16-19-22-25-28-29-31-34-36-39-42-45-48-51-61(79)93-56-59-64(82)66(84)71(89)76(97-59)99-73-69(87)67(85)68(86)72(98-75-70(88)65(83)63(81)58(53-77)96-75)74(73)100-101(90,91)94-55-57(95-62(80)52-49-46-43-40-37-32-27-24-21-18-15-12-9-6-3)54-92-60(78)50-47-44-41-38-35-33-30-26-23-20-17-14-11-8-5-2/h57-59,63-77,81-89H,4-56H2,1-3H3,(H,90,91). The van der Waals surface area contributed by atoms with Gasteiger partial charge >= 0.3 is 25.7 Å². The molecule has 3 rings (SSSR count). The van der Waals surface area contributed by atoms with E-state index in [4.69, 9.17) is 42.2 Å². The Hall–Kier alpha value is -2.04. The Balaban J connectivity index is 1.70. The summed E-state index contributed by atoms with van der Waals surface area (Å²) in [5.74, 6) is -1.97. The van der Waals surface area contributed by atoms with E-state index in [0.717, 1.165) is 89.9 Å². The summed E-state index contributed by atoms with van der Waals surface area (Å²) in [4.78, 5) is 51.1. The van der Waals surface area contributed by atoms with Crippen LogP contribution in [-0.2, 0) is 61.2 Å². The summed E-state index contributed by atoms with van der Waals surface area (Å²) in [6, 6.07) is 0. The lowest BCUT2D eigenvalue weighted by Gasteiger charge is -2.49. The molecule has 101 heavy (non-hydrogen) atoms. The number of carbonyl (C=O) groups excluding carboxylic acids is 3. The van der Waals surface area contributed by atoms with Crippen LogP contribution in [0.25, 0.3) is 0 Å². The van der Waals surface area contributed by atoms with Gasteiger partial charge in [0, 0.05) is 19.3 Å². The molecule has 2 aliphatic heterocycles. The third-order valence-corrected chi connectivity index (χ3v) is 21.1. The Labute approximate surface area is 606 Å². The van der Waals surface area contributed by atoms with Crippen LogP contribution in [0.4, 0.5) is 0 Å². The normalized spacial score (nSPS) is 27.1. The highest BCUT2D eigenvalue weighted by molar-refractivity contribution is 7.47. The molecule has 3 aliphatic rings. The number of aliphatic hydroxyl groups is 10. The van der Waals surface area contributed by atoms with Crippen molar-refractivity contribution in [3.8, 4) is 0 Å². The second kappa shape index (κ2) is 58.0. The van der Waals surface area contributed by atoms with Gasteiger partial charge in [0.2, 0.25) is 0 Å². The van der Waals surface area contributed by atoms with Crippen molar-refractivity contribution in [3.63, 3.8) is 0 Å². The van der Waals surface area contributed by atoms with Gasteiger partial charge in [-0.15, -0.1) is 0 Å². The van der Waals surface area contributed by atoms with E-state index in [-0.39, 0.29) is 19.3 Å². The minimum atomic E-state index is -5.69. The van der Waals surface area contributed by atoms with Crippen LogP contribution in [0.2, 0.25) is 0 Å². The van der Waals surface area contributed by atoms with Crippen LogP contribution in [0.5, 0.6) is 0 Å². The Morgan fingerprint density at radius 3 is 0.970 bits per heavy atom. The van der Waals surface area contributed by atoms with E-state index in [0.29, 0.717) is 19.3 Å². The van der Waals surface area contributed by atoms with Gasteiger partial charge in [-0.1, -0.05) is 297 Å². The molecule has 1 aliphatic carbocycles. The molecule has 0 spiro atoms. The first-order valence-corrected chi connectivity index (χ1v) is 41.8. The van der Waals surface area contributed by atoms with Gasteiger partial charge in [-0.25, -0.2) is 4.57 Å². The lowest BCUT2D eigenvalue weighted by Crippen LogP contribution is -2.69. The molecule has 18 atom stereocenters. The molecule has 0 bridgehead atoms. The van der Waals surface area contributed by atoms with E-state index in [9.17, 15) is 74.9 Å². The summed E-state index contributed by atoms with van der Waals surface area (Å²) in [5, 5.41) is 110. The molecule has 0 aromatic carbocycles. The van der Waals surface area contributed by atoms with E-state index >= 15 is 0 Å². The van der Waals surface area contributed by atoms with Gasteiger partial charge in [-0.05, 0) is 19.3 Å². The van der Waals surface area contributed by atoms with Crippen LogP contribution in [0.15, 0.2) is 0 Å². The fourth-order valence-electron chi connectivity index (χ4n) is 13.6. The molecule has 0 amide bonds. The van der Waals surface area contributed by atoms with Crippen molar-refractivity contribution in [3.05, 3.63) is 0 Å². The van der Waals surface area contributed by atoms with Gasteiger partial charge in [0.15, 0.2) is 18.7 Å². The van der Waals surface area contributed by atoms with Gasteiger partial charge in [0.1, 0.15) is 98.7 Å². The first kappa shape index (κ1) is 93.2. The molecule has 3 fully saturated rings. The third kappa shape index (κ3) is 40.7. The van der Waals surface area contributed by atoms with E-state index in [1.165, 1.54) is 186 Å². The summed E-state index contributed by atoms with van der Waals surface area (Å²) in [6.45, 7) is 3.51. The summed E-state index contributed by atoms with van der Waals surface area (Å²) < 4.78 is 65.2. The molecule has 18 unspecified atom stereocenters. The SMILES string of the molecule is CCCCCCCCCCCCCCCCCCCC(=O)OCC1OC(OC2C(O)C(O)C(O)C(OC3OC(CO)C(O)C(O)C3O)C2OP(=O)(O)OCC(COC(=O)CCCCCCCCCCCCCCCCC)OC(=O)CCCCCCCCCCCCCCCC)C(O)C(O)C1O. The fourth-order valence-corrected chi connectivity index (χ4v) is 14.5. The number of rotatable bonds is 64. The molecule has 0 radical (unpaired) electrons. The van der Waals surface area contributed by atoms with Crippen LogP contribution in [-0.4, -0.2) is 204 Å². The molecule has 1 saturated carbocycles. The van der Waals surface area contributed by atoms with Gasteiger partial charge in [-0.3, -0.25) is 23.4 Å². The smallest absolute Gasteiger partial charge is 0.463 e. The quantitative estimate of drug-likeness (QED) is 0.0117. The average molecular weight is 1470 g/mol. The minimum absolute atomic E-state index is 0.0330. The van der Waals surface area contributed by atoms with Crippen molar-refractivity contribution in [2.45, 2.75) is 440 Å². The Bertz CT molecular complexity index is 2080. The highest BCUT2D eigenvalue weighted by Crippen LogP contribution is 2.49. The second-order valence-corrected chi connectivity index (χ2v) is 30.6. The largest absolute Gasteiger partial charge is 0.472 e. The van der Waals surface area contributed by atoms with E-state index in [2.05, 4.69) is 20.8 Å². The molecule has 11 N–H and O–H groups in total. The van der Waals surface area contributed by atoms with Crippen molar-refractivity contribution in [1.29, 1.82) is 0 Å². The second-order valence-electron chi connectivity index (χ2n) is 29.2. The summed E-state index contributed by atoms with van der Waals surface area (Å²) in [7, 11) is -5.69. The van der Waals surface area contributed by atoms with E-state index < -0.39 is 156 Å². The average Bonchev–Trinajstić information content (AvgIpc) is 0.762. The Kier molecular flexibility index (Phi) is 53.5. The summed E-state index contributed by atoms with van der Waals surface area (Å²) >= 11 is 0. The maximum absolute atomic E-state index is 14.4. The van der Waals surface area contributed by atoms with Crippen molar-refractivity contribution < 1.29 is 117 Å². The summed E-state index contributed by atoms with van der Waals surface area (Å²) in [5.41, 5.74) is 0. The molecule has 25 heteroatoms. The van der Waals surface area contributed by atoms with Crippen LogP contribution >= 0.6 is 7.82 Å². The summed E-state index contributed by atoms with van der Waals surface area (Å²) in [6.07, 6.45) is 17.1. The van der Waals surface area contributed by atoms with Crippen LogP contribution in [0.3, 0.4) is 0 Å². The molecule has 2 heterocycles. The predicted molar refractivity (Wildman–Crippen MR) is 384 cm³/mol. The number of ether oxygens (including phenoxy) is 7. The monoisotopic (exact) mass is 1470 g/mol. The number of hydrogen-bond donors (Lipinski definition) is 11. The Morgan fingerprint density at radius 2 is 0.634 bits per heavy atom. The van der Waals surface area contributed by atoms with E-state index in [1.807, 2.05) is 0 Å². The number of phosphoric ester groups is 1. The maximum atomic E-state index is 14.4. The van der Waals surface area contributed by atoms with Crippen molar-refractivity contribution in [1.82, 2.24) is 0 Å². The van der Waals surface area contributed by atoms with Gasteiger partial charge in [0.05, 0.1) is 13.2 Å². The zero-order chi connectivity index (χ0) is 73.9. The lowest BCUT2D eigenvalue weighted by atomic mass is 9.84. The third-order valence-electron chi connectivity index (χ3n) is 20.1. The van der Waals surface area contributed by atoms with Crippen molar-refractivity contribution in [2.24, 2.45) is 0 Å². The molecule has 24 nitrogen and oxygen atoms in total. The molecule has 2 saturated heterocycles. The number of carbonyl (C=O) groups is 3. The number of esters is 3. The highest BCUT2D eigenvalue weighted by Gasteiger charge is 2.58. The van der Waals surface area contributed by atoms with Gasteiger partial charge < -0.3 is 89.1 Å². The van der Waals surface area contributed by atoms with Crippen molar-refractivity contribution in [2.75, 3.05) is 26.4 Å². The topological polar surface area (TPSA) is 374 Å². The molecule has 0 aromatic rings. The maximum Gasteiger partial charge on any atom is 0.472 e. The zero-order valence-electron chi connectivity index (χ0n) is 62.5. The number of hydrogen-bond acceptors (Lipinski definition) is 23. The minimum Gasteiger partial charge on any atom is -0.463 e. The van der Waals surface area contributed by atoms with Gasteiger partial charge in [0.25, 0.3) is 0 Å². The molecular weight excluding hydrogens is 1330 g/mol. The fraction of sp³-hybridized carbons (Fsp3) is 0.961.